The van der Waals surface area contributed by atoms with Gasteiger partial charge in [0.15, 0.2) is 0 Å². The zero-order valence-electron chi connectivity index (χ0n) is 22.3. The van der Waals surface area contributed by atoms with Gasteiger partial charge in [0.2, 0.25) is 0 Å². The number of rotatable bonds is 12. The van der Waals surface area contributed by atoms with E-state index in [9.17, 15) is 10.2 Å². The first kappa shape index (κ1) is 28.1. The Morgan fingerprint density at radius 1 is 0.694 bits per heavy atom. The molecular weight excluding hydrogens is 469 g/mol. The van der Waals surface area contributed by atoms with Crippen LogP contribution in [0.15, 0.2) is 78.9 Å². The van der Waals surface area contributed by atoms with E-state index in [-0.39, 0.29) is 30.7 Å². The molecule has 3 rings (SSSR count). The summed E-state index contributed by atoms with van der Waals surface area (Å²) in [5.41, 5.74) is 2.10. The molecule has 2 unspecified atom stereocenters. The van der Waals surface area contributed by atoms with Crippen molar-refractivity contribution in [3.63, 3.8) is 0 Å². The van der Waals surface area contributed by atoms with Gasteiger partial charge in [-0.05, 0) is 76.7 Å². The SMILES string of the molecule is COc1ccc(C(c2ccccc2)(c2ccc(OC)cc2)C(CO)P(CO)N(C(C)C)C(C)C)cc1. The van der Waals surface area contributed by atoms with E-state index in [0.717, 1.165) is 28.2 Å². The van der Waals surface area contributed by atoms with Crippen molar-refractivity contribution in [1.82, 2.24) is 4.67 Å². The predicted molar refractivity (Wildman–Crippen MR) is 149 cm³/mol. The van der Waals surface area contributed by atoms with Crippen LogP contribution in [-0.2, 0) is 5.41 Å². The van der Waals surface area contributed by atoms with Gasteiger partial charge >= 0.3 is 0 Å². The molecular formula is C30H40NO4P. The fraction of sp³-hybridized carbons (Fsp3) is 0.400. The smallest absolute Gasteiger partial charge is 0.118 e. The van der Waals surface area contributed by atoms with Crippen LogP contribution in [0.4, 0.5) is 0 Å². The highest BCUT2D eigenvalue weighted by Gasteiger charge is 2.49. The standard InChI is InChI=1S/C30H40NO4P/c1-22(2)31(23(3)4)36(21-33)29(20-32)30(24-10-8-7-9-11-24,25-12-16-27(34-5)17-13-25)26-14-18-28(35-6)19-15-26/h7-19,22-23,29,32-33H,20-21H2,1-6H3. The molecule has 0 fully saturated rings. The lowest BCUT2D eigenvalue weighted by Gasteiger charge is -2.50. The summed E-state index contributed by atoms with van der Waals surface area (Å²) in [6, 6.07) is 26.9. The monoisotopic (exact) mass is 509 g/mol. The van der Waals surface area contributed by atoms with Crippen molar-refractivity contribution in [2.45, 2.75) is 50.9 Å². The number of nitrogens with zero attached hydrogens (tertiary/aromatic N) is 1. The zero-order valence-corrected chi connectivity index (χ0v) is 23.2. The molecule has 0 heterocycles. The number of hydrogen-bond donors (Lipinski definition) is 2. The van der Waals surface area contributed by atoms with Gasteiger partial charge in [0, 0.05) is 17.7 Å². The number of benzene rings is 3. The van der Waals surface area contributed by atoms with E-state index in [1.807, 2.05) is 42.5 Å². The van der Waals surface area contributed by atoms with Crippen LogP contribution in [0.25, 0.3) is 0 Å². The van der Waals surface area contributed by atoms with Crippen molar-refractivity contribution < 1.29 is 19.7 Å². The Morgan fingerprint density at radius 3 is 1.44 bits per heavy atom. The lowest BCUT2D eigenvalue weighted by molar-refractivity contribution is 0.246. The minimum atomic E-state index is -1.17. The van der Waals surface area contributed by atoms with Crippen molar-refractivity contribution >= 4 is 8.07 Å². The van der Waals surface area contributed by atoms with Crippen molar-refractivity contribution in [2.75, 3.05) is 27.2 Å². The van der Waals surface area contributed by atoms with E-state index in [1.165, 1.54) is 0 Å². The van der Waals surface area contributed by atoms with Crippen LogP contribution in [0, 0.1) is 0 Å². The fourth-order valence-corrected chi connectivity index (χ4v) is 8.40. The van der Waals surface area contributed by atoms with Crippen LogP contribution < -0.4 is 9.47 Å². The minimum absolute atomic E-state index is 0.0161. The third-order valence-electron chi connectivity index (χ3n) is 6.85. The maximum absolute atomic E-state index is 11.2. The lowest BCUT2D eigenvalue weighted by atomic mass is 9.67. The Labute approximate surface area is 217 Å². The van der Waals surface area contributed by atoms with Crippen molar-refractivity contribution in [3.8, 4) is 11.5 Å². The van der Waals surface area contributed by atoms with E-state index < -0.39 is 13.5 Å². The molecule has 0 aliphatic rings. The molecule has 3 aromatic rings. The second-order valence-corrected chi connectivity index (χ2v) is 11.7. The lowest BCUT2D eigenvalue weighted by Crippen LogP contribution is -2.48. The van der Waals surface area contributed by atoms with Gasteiger partial charge in [0.1, 0.15) is 11.5 Å². The van der Waals surface area contributed by atoms with Gasteiger partial charge in [-0.25, -0.2) is 0 Å². The predicted octanol–water partition coefficient (Wildman–Crippen LogP) is 5.86. The fourth-order valence-electron chi connectivity index (χ4n) is 5.46. The number of hydrogen-bond acceptors (Lipinski definition) is 5. The Balaban J connectivity index is 2.42. The van der Waals surface area contributed by atoms with Gasteiger partial charge in [-0.15, -0.1) is 0 Å². The molecule has 0 aliphatic carbocycles. The first-order valence-corrected chi connectivity index (χ1v) is 14.0. The Morgan fingerprint density at radius 2 is 1.11 bits per heavy atom. The molecule has 0 saturated carbocycles. The van der Waals surface area contributed by atoms with E-state index in [1.54, 1.807) is 14.2 Å². The highest BCUT2D eigenvalue weighted by atomic mass is 31.1. The van der Waals surface area contributed by atoms with Gasteiger partial charge in [-0.1, -0.05) is 54.6 Å². The van der Waals surface area contributed by atoms with E-state index >= 15 is 0 Å². The average molecular weight is 510 g/mol. The Bertz CT molecular complexity index is 999. The molecule has 3 aromatic carbocycles. The van der Waals surface area contributed by atoms with E-state index in [2.05, 4.69) is 68.8 Å². The summed E-state index contributed by atoms with van der Waals surface area (Å²) >= 11 is 0. The molecule has 0 bridgehead atoms. The molecule has 2 atom stereocenters. The van der Waals surface area contributed by atoms with Crippen LogP contribution >= 0.6 is 8.07 Å². The highest BCUT2D eigenvalue weighted by Crippen LogP contribution is 2.58. The number of methoxy groups -OCH3 is 2. The normalized spacial score (nSPS) is 13.8. The van der Waals surface area contributed by atoms with Crippen molar-refractivity contribution in [1.29, 1.82) is 0 Å². The van der Waals surface area contributed by atoms with E-state index in [4.69, 9.17) is 9.47 Å². The molecule has 0 aromatic heterocycles. The van der Waals surface area contributed by atoms with Gasteiger partial charge < -0.3 is 19.7 Å². The van der Waals surface area contributed by atoms with Gasteiger partial charge in [-0.2, -0.15) is 0 Å². The molecule has 0 saturated heterocycles. The number of aliphatic hydroxyl groups excluding tert-OH is 2. The molecule has 0 aliphatic heterocycles. The summed E-state index contributed by atoms with van der Waals surface area (Å²) < 4.78 is 13.3. The van der Waals surface area contributed by atoms with Crippen molar-refractivity contribution in [2.24, 2.45) is 0 Å². The summed E-state index contributed by atoms with van der Waals surface area (Å²) in [4.78, 5) is 0. The van der Waals surface area contributed by atoms with Crippen LogP contribution in [-0.4, -0.2) is 59.8 Å². The Kier molecular flexibility index (Phi) is 9.92. The van der Waals surface area contributed by atoms with Crippen LogP contribution in [0.5, 0.6) is 11.5 Å². The van der Waals surface area contributed by atoms with Gasteiger partial charge in [0.05, 0.1) is 32.6 Å². The second-order valence-electron chi connectivity index (χ2n) is 9.48. The third kappa shape index (κ3) is 5.45. The highest BCUT2D eigenvalue weighted by molar-refractivity contribution is 7.56. The minimum Gasteiger partial charge on any atom is -0.497 e. The first-order chi connectivity index (χ1) is 17.3. The Hall–Kier alpha value is -2.43. The van der Waals surface area contributed by atoms with Crippen molar-refractivity contribution in [3.05, 3.63) is 95.6 Å². The van der Waals surface area contributed by atoms with Crippen LogP contribution in [0.2, 0.25) is 0 Å². The van der Waals surface area contributed by atoms with Gasteiger partial charge in [-0.3, -0.25) is 4.67 Å². The molecule has 194 valence electrons. The average Bonchev–Trinajstić information content (AvgIpc) is 2.91. The summed E-state index contributed by atoms with van der Waals surface area (Å²) in [6.07, 6.45) is -0.0161. The number of aliphatic hydroxyl groups is 2. The van der Waals surface area contributed by atoms with Crippen LogP contribution in [0.3, 0.4) is 0 Å². The largest absolute Gasteiger partial charge is 0.497 e. The molecule has 6 heteroatoms. The molecule has 36 heavy (non-hydrogen) atoms. The summed E-state index contributed by atoms with van der Waals surface area (Å²) in [7, 11) is 2.15. The van der Waals surface area contributed by atoms with E-state index in [0.29, 0.717) is 0 Å². The summed E-state index contributed by atoms with van der Waals surface area (Å²) in [5.74, 6) is 1.54. The first-order valence-electron chi connectivity index (χ1n) is 12.5. The molecule has 0 radical (unpaired) electrons. The van der Waals surface area contributed by atoms with Gasteiger partial charge in [0.25, 0.3) is 0 Å². The maximum Gasteiger partial charge on any atom is 0.118 e. The molecule has 0 spiro atoms. The second kappa shape index (κ2) is 12.7. The van der Waals surface area contributed by atoms with Crippen LogP contribution in [0.1, 0.15) is 44.4 Å². The maximum atomic E-state index is 11.2. The zero-order chi connectivity index (χ0) is 26.3. The topological polar surface area (TPSA) is 62.2 Å². The molecule has 2 N–H and O–H groups in total. The third-order valence-corrected chi connectivity index (χ3v) is 9.93. The molecule has 5 nitrogen and oxygen atoms in total. The summed E-state index contributed by atoms with van der Waals surface area (Å²) in [5, 5.41) is 22.1. The molecule has 0 amide bonds. The number of ether oxygens (including phenoxy) is 2. The quantitative estimate of drug-likeness (QED) is 0.236. The summed E-state index contributed by atoms with van der Waals surface area (Å²) in [6.45, 7) is 8.54.